The molecule has 0 bridgehead atoms. The largest absolute Gasteiger partial charge is 0.341 e. The number of carbonyl (C=O) groups excluding carboxylic acids is 2. The topological polar surface area (TPSA) is 61.4 Å². The molecule has 1 unspecified atom stereocenters. The van der Waals surface area contributed by atoms with Crippen molar-refractivity contribution >= 4 is 11.9 Å². The van der Waals surface area contributed by atoms with E-state index in [-0.39, 0.29) is 18.0 Å². The summed E-state index contributed by atoms with van der Waals surface area (Å²) in [6.45, 7) is 3.43. The van der Waals surface area contributed by atoms with E-state index < -0.39 is 6.04 Å². The lowest BCUT2D eigenvalue weighted by Gasteiger charge is -2.30. The highest BCUT2D eigenvalue weighted by atomic mass is 16.2. The Morgan fingerprint density at radius 3 is 2.25 bits per heavy atom. The molecular formula is C15H27N3O2. The van der Waals surface area contributed by atoms with Crippen LogP contribution >= 0.6 is 0 Å². The first kappa shape index (κ1) is 15.1. The number of urea groups is 1. The molecule has 20 heavy (non-hydrogen) atoms. The van der Waals surface area contributed by atoms with E-state index in [1.165, 1.54) is 25.7 Å². The monoisotopic (exact) mass is 281 g/mol. The van der Waals surface area contributed by atoms with Crippen LogP contribution in [-0.4, -0.2) is 42.0 Å². The second-order valence-electron chi connectivity index (χ2n) is 6.06. The third kappa shape index (κ3) is 4.39. The first-order chi connectivity index (χ1) is 9.66. The van der Waals surface area contributed by atoms with Gasteiger partial charge in [0, 0.05) is 19.1 Å². The highest BCUT2D eigenvalue weighted by molar-refractivity contribution is 5.86. The molecule has 1 aliphatic heterocycles. The van der Waals surface area contributed by atoms with Crippen LogP contribution < -0.4 is 10.6 Å². The van der Waals surface area contributed by atoms with Gasteiger partial charge in [-0.15, -0.1) is 0 Å². The highest BCUT2D eigenvalue weighted by Crippen LogP contribution is 2.17. The fourth-order valence-electron chi connectivity index (χ4n) is 3.12. The van der Waals surface area contributed by atoms with E-state index in [1.807, 2.05) is 4.90 Å². The molecule has 1 saturated carbocycles. The molecule has 1 atom stereocenters. The molecule has 1 aliphatic carbocycles. The molecule has 0 aromatic carbocycles. The van der Waals surface area contributed by atoms with Gasteiger partial charge in [0.1, 0.15) is 6.04 Å². The van der Waals surface area contributed by atoms with Gasteiger partial charge in [-0.25, -0.2) is 4.79 Å². The Balaban J connectivity index is 1.73. The lowest BCUT2D eigenvalue weighted by Crippen LogP contribution is -2.52. The fraction of sp³-hybridized carbons (Fsp3) is 0.867. The number of likely N-dealkylation sites (tertiary alicyclic amines) is 1. The normalized spacial score (nSPS) is 22.1. The number of hydrogen-bond donors (Lipinski definition) is 2. The van der Waals surface area contributed by atoms with Crippen molar-refractivity contribution in [3.05, 3.63) is 0 Å². The summed E-state index contributed by atoms with van der Waals surface area (Å²) in [5.41, 5.74) is 0. The minimum absolute atomic E-state index is 0.0449. The zero-order valence-corrected chi connectivity index (χ0v) is 12.5. The molecule has 0 aromatic heterocycles. The summed E-state index contributed by atoms with van der Waals surface area (Å²) in [5, 5.41) is 5.77. The van der Waals surface area contributed by atoms with E-state index in [2.05, 4.69) is 10.6 Å². The average Bonchev–Trinajstić information content (AvgIpc) is 2.48. The molecule has 2 aliphatic rings. The van der Waals surface area contributed by atoms with E-state index in [4.69, 9.17) is 0 Å². The smallest absolute Gasteiger partial charge is 0.315 e. The van der Waals surface area contributed by atoms with Crippen LogP contribution in [0.4, 0.5) is 4.79 Å². The number of hydrogen-bond acceptors (Lipinski definition) is 2. The van der Waals surface area contributed by atoms with Gasteiger partial charge in [-0.05, 0) is 39.0 Å². The standard InChI is InChI=1S/C15H27N3O2/c1-12(14(19)18-10-6-3-7-11-18)16-15(20)17-13-8-4-2-5-9-13/h12-13H,2-11H2,1H3,(H2,16,17,20). The van der Waals surface area contributed by atoms with Crippen molar-refractivity contribution in [3.63, 3.8) is 0 Å². The molecule has 5 heteroatoms. The van der Waals surface area contributed by atoms with Gasteiger partial charge in [0.25, 0.3) is 0 Å². The van der Waals surface area contributed by atoms with Crippen molar-refractivity contribution < 1.29 is 9.59 Å². The molecule has 2 N–H and O–H groups in total. The molecule has 1 saturated heterocycles. The van der Waals surface area contributed by atoms with Gasteiger partial charge in [0.15, 0.2) is 0 Å². The molecule has 114 valence electrons. The number of carbonyl (C=O) groups is 2. The van der Waals surface area contributed by atoms with Crippen molar-refractivity contribution in [2.24, 2.45) is 0 Å². The average molecular weight is 281 g/mol. The zero-order chi connectivity index (χ0) is 14.4. The third-order valence-corrected chi connectivity index (χ3v) is 4.33. The third-order valence-electron chi connectivity index (χ3n) is 4.33. The van der Waals surface area contributed by atoms with Gasteiger partial charge in [0.05, 0.1) is 0 Å². The van der Waals surface area contributed by atoms with Crippen LogP contribution in [0.3, 0.4) is 0 Å². The van der Waals surface area contributed by atoms with Crippen LogP contribution in [0.25, 0.3) is 0 Å². The Labute approximate surface area is 121 Å². The van der Waals surface area contributed by atoms with Crippen LogP contribution in [0.1, 0.15) is 58.3 Å². The maximum absolute atomic E-state index is 12.2. The Bertz CT molecular complexity index is 334. The molecule has 0 spiro atoms. The summed E-state index contributed by atoms with van der Waals surface area (Å²) in [6, 6.07) is -0.354. The van der Waals surface area contributed by atoms with Crippen LogP contribution in [0.5, 0.6) is 0 Å². The molecule has 2 rings (SSSR count). The zero-order valence-electron chi connectivity index (χ0n) is 12.5. The Morgan fingerprint density at radius 2 is 1.60 bits per heavy atom. The molecule has 2 fully saturated rings. The maximum Gasteiger partial charge on any atom is 0.315 e. The van der Waals surface area contributed by atoms with E-state index in [0.717, 1.165) is 38.8 Å². The Kier molecular flexibility index (Phi) is 5.68. The van der Waals surface area contributed by atoms with E-state index in [0.29, 0.717) is 0 Å². The van der Waals surface area contributed by atoms with Crippen LogP contribution in [0.2, 0.25) is 0 Å². The van der Waals surface area contributed by atoms with Crippen molar-refractivity contribution in [1.29, 1.82) is 0 Å². The first-order valence-electron chi connectivity index (χ1n) is 8.02. The van der Waals surface area contributed by atoms with Crippen molar-refractivity contribution in [2.45, 2.75) is 70.4 Å². The second-order valence-corrected chi connectivity index (χ2v) is 6.06. The molecular weight excluding hydrogens is 254 g/mol. The summed E-state index contributed by atoms with van der Waals surface area (Å²) in [7, 11) is 0. The molecule has 1 heterocycles. The summed E-state index contributed by atoms with van der Waals surface area (Å²) < 4.78 is 0. The van der Waals surface area contributed by atoms with Gasteiger partial charge in [0.2, 0.25) is 5.91 Å². The van der Waals surface area contributed by atoms with Crippen LogP contribution in [0.15, 0.2) is 0 Å². The highest BCUT2D eigenvalue weighted by Gasteiger charge is 2.24. The lowest BCUT2D eigenvalue weighted by atomic mass is 9.96. The van der Waals surface area contributed by atoms with Crippen LogP contribution in [-0.2, 0) is 4.79 Å². The summed E-state index contributed by atoms with van der Waals surface area (Å²) in [4.78, 5) is 26.0. The molecule has 0 radical (unpaired) electrons. The predicted molar refractivity (Wildman–Crippen MR) is 78.4 cm³/mol. The summed E-state index contributed by atoms with van der Waals surface area (Å²) in [5.74, 6) is 0.0449. The predicted octanol–water partition coefficient (Wildman–Crippen LogP) is 2.02. The quantitative estimate of drug-likeness (QED) is 0.831. The summed E-state index contributed by atoms with van der Waals surface area (Å²) in [6.07, 6.45) is 9.11. The van der Waals surface area contributed by atoms with Gasteiger partial charge < -0.3 is 15.5 Å². The molecule has 3 amide bonds. The SMILES string of the molecule is CC(NC(=O)NC1CCCCC1)C(=O)N1CCCCC1. The van der Waals surface area contributed by atoms with E-state index in [1.54, 1.807) is 6.92 Å². The molecule has 5 nitrogen and oxygen atoms in total. The Morgan fingerprint density at radius 1 is 1.00 bits per heavy atom. The van der Waals surface area contributed by atoms with Crippen molar-refractivity contribution in [1.82, 2.24) is 15.5 Å². The number of rotatable bonds is 3. The molecule has 0 aromatic rings. The minimum Gasteiger partial charge on any atom is -0.341 e. The summed E-state index contributed by atoms with van der Waals surface area (Å²) >= 11 is 0. The van der Waals surface area contributed by atoms with Crippen molar-refractivity contribution in [2.75, 3.05) is 13.1 Å². The van der Waals surface area contributed by atoms with E-state index in [9.17, 15) is 9.59 Å². The Hall–Kier alpha value is -1.26. The number of piperidine rings is 1. The van der Waals surface area contributed by atoms with E-state index >= 15 is 0 Å². The maximum atomic E-state index is 12.2. The van der Waals surface area contributed by atoms with Gasteiger partial charge in [-0.3, -0.25) is 4.79 Å². The second kappa shape index (κ2) is 7.50. The number of nitrogens with one attached hydrogen (secondary N) is 2. The van der Waals surface area contributed by atoms with Gasteiger partial charge in [-0.1, -0.05) is 19.3 Å². The number of nitrogens with zero attached hydrogens (tertiary/aromatic N) is 1. The fourth-order valence-corrected chi connectivity index (χ4v) is 3.12. The van der Waals surface area contributed by atoms with Crippen molar-refractivity contribution in [3.8, 4) is 0 Å². The van der Waals surface area contributed by atoms with Gasteiger partial charge in [-0.2, -0.15) is 0 Å². The minimum atomic E-state index is -0.434. The van der Waals surface area contributed by atoms with Gasteiger partial charge >= 0.3 is 6.03 Å². The van der Waals surface area contributed by atoms with Crippen LogP contribution in [0, 0.1) is 0 Å². The first-order valence-corrected chi connectivity index (χ1v) is 8.02. The lowest BCUT2D eigenvalue weighted by molar-refractivity contribution is -0.133. The number of amides is 3.